The van der Waals surface area contributed by atoms with Crippen LogP contribution >= 0.6 is 0 Å². The van der Waals surface area contributed by atoms with Gasteiger partial charge in [-0.25, -0.2) is 0 Å². The third kappa shape index (κ3) is 1.86. The number of hydrogen-bond acceptors (Lipinski definition) is 0. The lowest BCUT2D eigenvalue weighted by molar-refractivity contribution is 1.17. The van der Waals surface area contributed by atoms with Gasteiger partial charge >= 0.3 is 0 Å². The Balaban J connectivity index is 1.67. The standard InChI is InChI=1S/C16H16N4/c1-3-17-7-11(1)5-13-9-19-16-14(10-20-15(13)16)6-12-2-4-18-8-12/h1-4,7-10,17-20H,5-6H2. The Morgan fingerprint density at radius 3 is 1.55 bits per heavy atom. The Labute approximate surface area is 116 Å². The lowest BCUT2D eigenvalue weighted by Gasteiger charge is -1.94. The summed E-state index contributed by atoms with van der Waals surface area (Å²) in [5, 5.41) is 0. The maximum absolute atomic E-state index is 3.41. The SMILES string of the molecule is c1cc(Cc2c[nH]c3c(Cc4cc[nH]c4)c[nH]c23)c[nH]1. The third-order valence-electron chi connectivity index (χ3n) is 3.79. The summed E-state index contributed by atoms with van der Waals surface area (Å²) < 4.78 is 0. The fourth-order valence-corrected chi connectivity index (χ4v) is 2.77. The topological polar surface area (TPSA) is 63.2 Å². The smallest absolute Gasteiger partial charge is 0.0673 e. The maximum Gasteiger partial charge on any atom is 0.0673 e. The van der Waals surface area contributed by atoms with Crippen LogP contribution in [0.15, 0.2) is 49.3 Å². The molecular weight excluding hydrogens is 248 g/mol. The van der Waals surface area contributed by atoms with Crippen LogP contribution in [-0.2, 0) is 12.8 Å². The van der Waals surface area contributed by atoms with Gasteiger partial charge in [-0.1, -0.05) is 0 Å². The Morgan fingerprint density at radius 2 is 1.15 bits per heavy atom. The molecule has 100 valence electrons. The molecular formula is C16H16N4. The second kappa shape index (κ2) is 4.49. The molecule has 4 N–H and O–H groups in total. The number of aromatic nitrogens is 4. The number of aromatic amines is 4. The van der Waals surface area contributed by atoms with Crippen molar-refractivity contribution in [1.29, 1.82) is 0 Å². The number of nitrogens with one attached hydrogen (secondary N) is 4. The average molecular weight is 264 g/mol. The number of rotatable bonds is 4. The monoisotopic (exact) mass is 264 g/mol. The minimum Gasteiger partial charge on any atom is -0.367 e. The zero-order valence-electron chi connectivity index (χ0n) is 11.0. The first kappa shape index (κ1) is 11.2. The first-order chi connectivity index (χ1) is 9.90. The van der Waals surface area contributed by atoms with Gasteiger partial charge in [0.15, 0.2) is 0 Å². The van der Waals surface area contributed by atoms with E-state index in [4.69, 9.17) is 0 Å². The van der Waals surface area contributed by atoms with Crippen LogP contribution < -0.4 is 0 Å². The van der Waals surface area contributed by atoms with E-state index in [9.17, 15) is 0 Å². The second-order valence-corrected chi connectivity index (χ2v) is 5.17. The summed E-state index contributed by atoms with van der Waals surface area (Å²) in [5.74, 6) is 0. The molecule has 4 aromatic rings. The summed E-state index contributed by atoms with van der Waals surface area (Å²) in [4.78, 5) is 13.0. The fraction of sp³-hybridized carbons (Fsp3) is 0.125. The van der Waals surface area contributed by atoms with Crippen molar-refractivity contribution in [2.45, 2.75) is 12.8 Å². The zero-order valence-corrected chi connectivity index (χ0v) is 11.0. The van der Waals surface area contributed by atoms with Crippen LogP contribution in [0.5, 0.6) is 0 Å². The lowest BCUT2D eigenvalue weighted by Crippen LogP contribution is -1.83. The largest absolute Gasteiger partial charge is 0.367 e. The molecule has 4 heteroatoms. The van der Waals surface area contributed by atoms with Crippen molar-refractivity contribution in [2.75, 3.05) is 0 Å². The Kier molecular flexibility index (Phi) is 2.52. The highest BCUT2D eigenvalue weighted by atomic mass is 14.8. The van der Waals surface area contributed by atoms with Crippen LogP contribution in [0.3, 0.4) is 0 Å². The van der Waals surface area contributed by atoms with Crippen LogP contribution in [0.25, 0.3) is 11.0 Å². The van der Waals surface area contributed by atoms with E-state index >= 15 is 0 Å². The van der Waals surface area contributed by atoms with Crippen LogP contribution in [0.1, 0.15) is 22.3 Å². The molecule has 0 aliphatic rings. The van der Waals surface area contributed by atoms with E-state index < -0.39 is 0 Å². The fourth-order valence-electron chi connectivity index (χ4n) is 2.77. The van der Waals surface area contributed by atoms with E-state index in [1.807, 2.05) is 24.8 Å². The van der Waals surface area contributed by atoms with Gasteiger partial charge in [-0.15, -0.1) is 0 Å². The summed E-state index contributed by atoms with van der Waals surface area (Å²) in [5.41, 5.74) is 7.65. The molecule has 4 heterocycles. The normalized spacial score (nSPS) is 11.4. The van der Waals surface area contributed by atoms with Crippen LogP contribution in [0.4, 0.5) is 0 Å². The minimum absolute atomic E-state index is 0.938. The van der Waals surface area contributed by atoms with Gasteiger partial charge in [0, 0.05) is 50.0 Å². The van der Waals surface area contributed by atoms with Crippen LogP contribution in [-0.4, -0.2) is 19.9 Å². The van der Waals surface area contributed by atoms with Crippen LogP contribution in [0, 0.1) is 0 Å². The number of hydrogen-bond donors (Lipinski definition) is 4. The number of H-pyrrole nitrogens is 4. The van der Waals surface area contributed by atoms with Gasteiger partial charge in [-0.3, -0.25) is 0 Å². The molecule has 0 aromatic carbocycles. The quantitative estimate of drug-likeness (QED) is 0.437. The van der Waals surface area contributed by atoms with Gasteiger partial charge in [0.05, 0.1) is 11.0 Å². The van der Waals surface area contributed by atoms with Gasteiger partial charge in [0.25, 0.3) is 0 Å². The van der Waals surface area contributed by atoms with Gasteiger partial charge in [0.1, 0.15) is 0 Å². The Morgan fingerprint density at radius 1 is 0.650 bits per heavy atom. The molecule has 4 aromatic heterocycles. The Hall–Kier alpha value is -2.62. The van der Waals surface area contributed by atoms with Crippen molar-refractivity contribution < 1.29 is 0 Å². The first-order valence-electron chi connectivity index (χ1n) is 6.79. The summed E-state index contributed by atoms with van der Waals surface area (Å²) in [6, 6.07) is 4.23. The molecule has 0 saturated heterocycles. The summed E-state index contributed by atoms with van der Waals surface area (Å²) in [6.07, 6.45) is 14.1. The highest BCUT2D eigenvalue weighted by Gasteiger charge is 2.11. The maximum atomic E-state index is 3.41. The van der Waals surface area contributed by atoms with Gasteiger partial charge in [-0.2, -0.15) is 0 Å². The average Bonchev–Trinajstić information content (AvgIpc) is 3.20. The van der Waals surface area contributed by atoms with E-state index in [2.05, 4.69) is 44.5 Å². The van der Waals surface area contributed by atoms with Crippen molar-refractivity contribution in [3.8, 4) is 0 Å². The van der Waals surface area contributed by atoms with Crippen molar-refractivity contribution in [1.82, 2.24) is 19.9 Å². The molecule has 0 aliphatic heterocycles. The van der Waals surface area contributed by atoms with Crippen molar-refractivity contribution >= 4 is 11.0 Å². The summed E-state index contributed by atoms with van der Waals surface area (Å²) >= 11 is 0. The molecule has 4 rings (SSSR count). The van der Waals surface area contributed by atoms with Crippen molar-refractivity contribution in [3.05, 3.63) is 71.6 Å². The predicted molar refractivity (Wildman–Crippen MR) is 79.8 cm³/mol. The summed E-state index contributed by atoms with van der Waals surface area (Å²) in [6.45, 7) is 0. The highest BCUT2D eigenvalue weighted by Crippen LogP contribution is 2.24. The number of fused-ring (bicyclic) bond motifs is 1. The third-order valence-corrected chi connectivity index (χ3v) is 3.79. The van der Waals surface area contributed by atoms with E-state index in [1.54, 1.807) is 0 Å². The molecule has 4 nitrogen and oxygen atoms in total. The molecule has 0 bridgehead atoms. The first-order valence-corrected chi connectivity index (χ1v) is 6.79. The van der Waals surface area contributed by atoms with E-state index in [-0.39, 0.29) is 0 Å². The minimum atomic E-state index is 0.938. The van der Waals surface area contributed by atoms with Crippen molar-refractivity contribution in [3.63, 3.8) is 0 Å². The molecule has 0 radical (unpaired) electrons. The molecule has 0 aliphatic carbocycles. The highest BCUT2D eigenvalue weighted by molar-refractivity contribution is 5.83. The van der Waals surface area contributed by atoms with E-state index in [0.717, 1.165) is 12.8 Å². The molecule has 0 fully saturated rings. The van der Waals surface area contributed by atoms with E-state index in [0.29, 0.717) is 0 Å². The van der Waals surface area contributed by atoms with Gasteiger partial charge in [-0.05, 0) is 34.4 Å². The molecule has 0 amide bonds. The van der Waals surface area contributed by atoms with Crippen molar-refractivity contribution in [2.24, 2.45) is 0 Å². The molecule has 20 heavy (non-hydrogen) atoms. The van der Waals surface area contributed by atoms with Gasteiger partial charge in [0.2, 0.25) is 0 Å². The molecule has 0 spiro atoms. The predicted octanol–water partition coefficient (Wildman–Crippen LogP) is 3.33. The Bertz CT molecular complexity index is 730. The summed E-state index contributed by atoms with van der Waals surface area (Å²) in [7, 11) is 0. The lowest BCUT2D eigenvalue weighted by atomic mass is 10.1. The van der Waals surface area contributed by atoms with Gasteiger partial charge < -0.3 is 19.9 Å². The zero-order chi connectivity index (χ0) is 13.4. The molecule has 0 unspecified atom stereocenters. The van der Waals surface area contributed by atoms with Crippen LogP contribution in [0.2, 0.25) is 0 Å². The molecule has 0 atom stereocenters. The van der Waals surface area contributed by atoms with E-state index in [1.165, 1.54) is 33.3 Å². The second-order valence-electron chi connectivity index (χ2n) is 5.17. The molecule has 0 saturated carbocycles.